The van der Waals surface area contributed by atoms with E-state index in [1.807, 2.05) is 54.6 Å². The molecule has 2 N–H and O–H groups in total. The van der Waals surface area contributed by atoms with Gasteiger partial charge in [-0.3, -0.25) is 0 Å². The molecule has 3 aromatic rings. The molecule has 0 bridgehead atoms. The number of para-hydroxylation sites is 1. The van der Waals surface area contributed by atoms with Gasteiger partial charge in [-0.25, -0.2) is 4.98 Å². The Bertz CT molecular complexity index is 692. The second-order valence-electron chi connectivity index (χ2n) is 4.36. The van der Waals surface area contributed by atoms with E-state index >= 15 is 0 Å². The summed E-state index contributed by atoms with van der Waals surface area (Å²) >= 11 is 0. The van der Waals surface area contributed by atoms with E-state index in [1.165, 1.54) is 0 Å². The second-order valence-corrected chi connectivity index (χ2v) is 4.36. The molecule has 0 amide bonds. The molecule has 3 rings (SSSR count). The predicted octanol–water partition coefficient (Wildman–Crippen LogP) is 3.36. The van der Waals surface area contributed by atoms with Gasteiger partial charge in [-0.1, -0.05) is 30.3 Å². The van der Waals surface area contributed by atoms with Gasteiger partial charge in [0.15, 0.2) is 0 Å². The summed E-state index contributed by atoms with van der Waals surface area (Å²) in [5, 5.41) is 9.05. The van der Waals surface area contributed by atoms with E-state index in [4.69, 9.17) is 9.84 Å². The maximum Gasteiger partial charge on any atom is 0.137 e. The molecule has 0 unspecified atom stereocenters. The Kier molecular flexibility index (Phi) is 3.48. The fourth-order valence-electron chi connectivity index (χ4n) is 1.92. The summed E-state index contributed by atoms with van der Waals surface area (Å²) in [7, 11) is 0. The Morgan fingerprint density at radius 1 is 1.00 bits per heavy atom. The van der Waals surface area contributed by atoms with Crippen LogP contribution in [0.2, 0.25) is 0 Å². The Morgan fingerprint density at radius 3 is 2.55 bits per heavy atom. The standard InChI is InChI=1S/C16H14N2O2/c19-11-13-10-17-16(18-13)12-5-4-8-15(9-12)20-14-6-2-1-3-7-14/h1-10,19H,11H2,(H,17,18). The first-order valence-electron chi connectivity index (χ1n) is 6.33. The maximum atomic E-state index is 9.05. The highest BCUT2D eigenvalue weighted by molar-refractivity contribution is 5.58. The van der Waals surface area contributed by atoms with Gasteiger partial charge in [0.2, 0.25) is 0 Å². The van der Waals surface area contributed by atoms with Crippen LogP contribution in [-0.2, 0) is 6.61 Å². The van der Waals surface area contributed by atoms with Crippen LogP contribution >= 0.6 is 0 Å². The predicted molar refractivity (Wildman–Crippen MR) is 76.5 cm³/mol. The van der Waals surface area contributed by atoms with E-state index in [9.17, 15) is 0 Å². The molecule has 0 atom stereocenters. The fourth-order valence-corrected chi connectivity index (χ4v) is 1.92. The lowest BCUT2D eigenvalue weighted by Gasteiger charge is -2.06. The number of aromatic amines is 1. The van der Waals surface area contributed by atoms with Gasteiger partial charge in [-0.2, -0.15) is 0 Å². The van der Waals surface area contributed by atoms with Crippen molar-refractivity contribution < 1.29 is 9.84 Å². The first-order valence-corrected chi connectivity index (χ1v) is 6.33. The van der Waals surface area contributed by atoms with Crippen LogP contribution in [0.15, 0.2) is 60.8 Å². The molecule has 0 saturated heterocycles. The summed E-state index contributed by atoms with van der Waals surface area (Å²) in [6.45, 7) is -0.0484. The number of aliphatic hydroxyl groups excluding tert-OH is 1. The molecule has 0 spiro atoms. The SMILES string of the molecule is OCc1cnc(-c2cccc(Oc3ccccc3)c2)[nH]1. The van der Waals surface area contributed by atoms with Crippen LogP contribution in [0, 0.1) is 0 Å². The minimum atomic E-state index is -0.0484. The van der Waals surface area contributed by atoms with Crippen LogP contribution in [0.1, 0.15) is 5.69 Å². The number of aromatic nitrogens is 2. The van der Waals surface area contributed by atoms with Gasteiger partial charge in [0.05, 0.1) is 18.5 Å². The van der Waals surface area contributed by atoms with Crippen molar-refractivity contribution >= 4 is 0 Å². The molecule has 100 valence electrons. The van der Waals surface area contributed by atoms with Crippen molar-refractivity contribution in [3.8, 4) is 22.9 Å². The highest BCUT2D eigenvalue weighted by Crippen LogP contribution is 2.25. The highest BCUT2D eigenvalue weighted by atomic mass is 16.5. The zero-order valence-electron chi connectivity index (χ0n) is 10.8. The van der Waals surface area contributed by atoms with E-state index < -0.39 is 0 Å². The van der Waals surface area contributed by atoms with Crippen LogP contribution in [0.3, 0.4) is 0 Å². The molecule has 0 aliphatic carbocycles. The number of nitrogens with zero attached hydrogens (tertiary/aromatic N) is 1. The Hall–Kier alpha value is -2.59. The number of imidazole rings is 1. The van der Waals surface area contributed by atoms with E-state index in [0.717, 1.165) is 17.1 Å². The molecule has 0 saturated carbocycles. The van der Waals surface area contributed by atoms with Gasteiger partial charge in [0.1, 0.15) is 17.3 Å². The van der Waals surface area contributed by atoms with Crippen LogP contribution < -0.4 is 4.74 Å². The summed E-state index contributed by atoms with van der Waals surface area (Å²) in [6, 6.07) is 17.3. The molecule has 0 radical (unpaired) electrons. The minimum absolute atomic E-state index is 0.0484. The maximum absolute atomic E-state index is 9.05. The minimum Gasteiger partial charge on any atom is -0.457 e. The molecule has 4 heteroatoms. The molecule has 20 heavy (non-hydrogen) atoms. The molecule has 0 fully saturated rings. The molecule has 4 nitrogen and oxygen atoms in total. The van der Waals surface area contributed by atoms with Gasteiger partial charge in [-0.15, -0.1) is 0 Å². The van der Waals surface area contributed by atoms with E-state index in [-0.39, 0.29) is 6.61 Å². The smallest absolute Gasteiger partial charge is 0.137 e. The number of ether oxygens (including phenoxy) is 1. The number of rotatable bonds is 4. The number of H-pyrrole nitrogens is 1. The number of aliphatic hydroxyl groups is 1. The Balaban J connectivity index is 1.86. The van der Waals surface area contributed by atoms with Crippen molar-refractivity contribution in [2.45, 2.75) is 6.61 Å². The van der Waals surface area contributed by atoms with E-state index in [1.54, 1.807) is 6.20 Å². The number of benzene rings is 2. The summed E-state index contributed by atoms with van der Waals surface area (Å²) in [6.07, 6.45) is 1.63. The van der Waals surface area contributed by atoms with Crippen LogP contribution in [-0.4, -0.2) is 15.1 Å². The number of nitrogens with one attached hydrogen (secondary N) is 1. The fraction of sp³-hybridized carbons (Fsp3) is 0.0625. The molecular formula is C16H14N2O2. The van der Waals surface area contributed by atoms with Crippen LogP contribution in [0.5, 0.6) is 11.5 Å². The third-order valence-corrected chi connectivity index (χ3v) is 2.89. The highest BCUT2D eigenvalue weighted by Gasteiger charge is 2.05. The molecule has 0 aliphatic rings. The average Bonchev–Trinajstić information content (AvgIpc) is 2.98. The molecule has 1 aromatic heterocycles. The van der Waals surface area contributed by atoms with Crippen molar-refractivity contribution in [2.75, 3.05) is 0 Å². The quantitative estimate of drug-likeness (QED) is 0.761. The van der Waals surface area contributed by atoms with Gasteiger partial charge in [0, 0.05) is 5.56 Å². The largest absolute Gasteiger partial charge is 0.457 e. The summed E-state index contributed by atoms with van der Waals surface area (Å²) in [4.78, 5) is 7.29. The van der Waals surface area contributed by atoms with Crippen LogP contribution in [0.4, 0.5) is 0 Å². The number of hydrogen-bond donors (Lipinski definition) is 2. The van der Waals surface area contributed by atoms with Gasteiger partial charge in [-0.05, 0) is 24.3 Å². The average molecular weight is 266 g/mol. The summed E-state index contributed by atoms with van der Waals surface area (Å²) < 4.78 is 5.78. The normalized spacial score (nSPS) is 10.4. The topological polar surface area (TPSA) is 58.1 Å². The van der Waals surface area contributed by atoms with Gasteiger partial charge in [0.25, 0.3) is 0 Å². The zero-order valence-corrected chi connectivity index (χ0v) is 10.8. The first kappa shape index (κ1) is 12.4. The monoisotopic (exact) mass is 266 g/mol. The summed E-state index contributed by atoms with van der Waals surface area (Å²) in [5.74, 6) is 2.25. The molecule has 0 aliphatic heterocycles. The van der Waals surface area contributed by atoms with Crippen LogP contribution in [0.25, 0.3) is 11.4 Å². The zero-order chi connectivity index (χ0) is 13.8. The Labute approximate surface area is 116 Å². The second kappa shape index (κ2) is 5.59. The van der Waals surface area contributed by atoms with Crippen molar-refractivity contribution in [1.29, 1.82) is 0 Å². The Morgan fingerprint density at radius 2 is 1.80 bits per heavy atom. The van der Waals surface area contributed by atoms with Crippen molar-refractivity contribution in [3.63, 3.8) is 0 Å². The molecule has 2 aromatic carbocycles. The summed E-state index contributed by atoms with van der Waals surface area (Å²) in [5.41, 5.74) is 1.60. The van der Waals surface area contributed by atoms with Crippen molar-refractivity contribution in [3.05, 3.63) is 66.5 Å². The number of hydrogen-bond acceptors (Lipinski definition) is 3. The molecular weight excluding hydrogens is 252 g/mol. The van der Waals surface area contributed by atoms with Crippen molar-refractivity contribution in [2.24, 2.45) is 0 Å². The lowest BCUT2D eigenvalue weighted by Crippen LogP contribution is -1.86. The van der Waals surface area contributed by atoms with Crippen molar-refractivity contribution in [1.82, 2.24) is 9.97 Å². The van der Waals surface area contributed by atoms with Gasteiger partial charge >= 0.3 is 0 Å². The van der Waals surface area contributed by atoms with E-state index in [0.29, 0.717) is 11.5 Å². The lowest BCUT2D eigenvalue weighted by molar-refractivity contribution is 0.277. The van der Waals surface area contributed by atoms with E-state index in [2.05, 4.69) is 9.97 Å². The third kappa shape index (κ3) is 2.70. The molecule has 1 heterocycles. The lowest BCUT2D eigenvalue weighted by atomic mass is 10.2. The van der Waals surface area contributed by atoms with Gasteiger partial charge < -0.3 is 14.8 Å². The first-order chi connectivity index (χ1) is 9.85. The third-order valence-electron chi connectivity index (χ3n) is 2.89.